The van der Waals surface area contributed by atoms with E-state index in [1.165, 1.54) is 6.07 Å². The maximum Gasteiger partial charge on any atom is 0.251 e. The first kappa shape index (κ1) is 14.1. The number of amides is 1. The summed E-state index contributed by atoms with van der Waals surface area (Å²) in [5.74, 6) is 0.517. The lowest BCUT2D eigenvalue weighted by molar-refractivity contribution is 0.0916. The van der Waals surface area contributed by atoms with Crippen molar-refractivity contribution in [2.75, 3.05) is 18.9 Å². The summed E-state index contributed by atoms with van der Waals surface area (Å²) in [6.45, 7) is 0.495. The molecule has 5 nitrogen and oxygen atoms in total. The maximum absolute atomic E-state index is 12.0. The Morgan fingerprint density at radius 1 is 1.53 bits per heavy atom. The number of aliphatic hydroxyl groups excluding tert-OH is 1. The van der Waals surface area contributed by atoms with Crippen LogP contribution < -0.4 is 10.6 Å². The molecule has 104 valence electrons. The average Bonchev–Trinajstić information content (AvgIpc) is 2.80. The van der Waals surface area contributed by atoms with E-state index in [9.17, 15) is 9.90 Å². The van der Waals surface area contributed by atoms with Crippen LogP contribution >= 0.6 is 11.6 Å². The topological polar surface area (TPSA) is 74.2 Å². The van der Waals surface area contributed by atoms with E-state index in [2.05, 4.69) is 15.6 Å². The van der Waals surface area contributed by atoms with E-state index in [-0.39, 0.29) is 23.1 Å². The first-order valence-corrected chi connectivity index (χ1v) is 6.79. The largest absolute Gasteiger partial charge is 0.393 e. The Morgan fingerprint density at radius 2 is 2.32 bits per heavy atom. The van der Waals surface area contributed by atoms with E-state index < -0.39 is 0 Å². The number of anilines is 1. The van der Waals surface area contributed by atoms with Crippen molar-refractivity contribution in [1.82, 2.24) is 10.3 Å². The maximum atomic E-state index is 12.0. The Balaban J connectivity index is 1.97. The van der Waals surface area contributed by atoms with Gasteiger partial charge in [0.05, 0.1) is 6.10 Å². The fourth-order valence-corrected chi connectivity index (χ4v) is 2.55. The van der Waals surface area contributed by atoms with Crippen molar-refractivity contribution in [1.29, 1.82) is 0 Å². The van der Waals surface area contributed by atoms with Gasteiger partial charge in [-0.3, -0.25) is 4.79 Å². The molecule has 1 fully saturated rings. The summed E-state index contributed by atoms with van der Waals surface area (Å²) >= 11 is 5.85. The molecular formula is C13H18ClN3O2. The molecule has 3 N–H and O–H groups in total. The first-order valence-electron chi connectivity index (χ1n) is 6.41. The zero-order valence-electron chi connectivity index (χ0n) is 10.8. The highest BCUT2D eigenvalue weighted by atomic mass is 35.5. The number of nitrogens with one attached hydrogen (secondary N) is 2. The molecule has 0 bridgehead atoms. The molecule has 1 amide bonds. The van der Waals surface area contributed by atoms with Gasteiger partial charge in [0.2, 0.25) is 0 Å². The van der Waals surface area contributed by atoms with Gasteiger partial charge in [-0.15, -0.1) is 0 Å². The van der Waals surface area contributed by atoms with E-state index in [0.29, 0.717) is 17.9 Å². The molecule has 1 aromatic heterocycles. The van der Waals surface area contributed by atoms with Crippen molar-refractivity contribution in [3.63, 3.8) is 0 Å². The summed E-state index contributed by atoms with van der Waals surface area (Å²) in [6, 6.07) is 3.18. The molecule has 0 radical (unpaired) electrons. The molecule has 0 aromatic carbocycles. The van der Waals surface area contributed by atoms with Gasteiger partial charge >= 0.3 is 0 Å². The number of nitrogens with zero attached hydrogens (tertiary/aromatic N) is 1. The average molecular weight is 284 g/mol. The predicted molar refractivity (Wildman–Crippen MR) is 74.5 cm³/mol. The molecule has 1 aliphatic carbocycles. The molecule has 1 aromatic rings. The third-order valence-electron chi connectivity index (χ3n) is 3.46. The Morgan fingerprint density at radius 3 is 2.95 bits per heavy atom. The summed E-state index contributed by atoms with van der Waals surface area (Å²) in [5, 5.41) is 15.7. The Labute approximate surface area is 117 Å². The minimum absolute atomic E-state index is 0.157. The molecule has 1 aliphatic rings. The van der Waals surface area contributed by atoms with Crippen LogP contribution in [0.25, 0.3) is 0 Å². The Kier molecular flexibility index (Phi) is 4.61. The number of pyridine rings is 1. The summed E-state index contributed by atoms with van der Waals surface area (Å²) in [4.78, 5) is 16.0. The third kappa shape index (κ3) is 3.58. The van der Waals surface area contributed by atoms with Crippen LogP contribution in [0.4, 0.5) is 5.82 Å². The second-order valence-electron chi connectivity index (χ2n) is 4.78. The van der Waals surface area contributed by atoms with Crippen molar-refractivity contribution in [3.05, 3.63) is 22.8 Å². The quantitative estimate of drug-likeness (QED) is 0.735. The van der Waals surface area contributed by atoms with Crippen molar-refractivity contribution in [2.24, 2.45) is 5.92 Å². The van der Waals surface area contributed by atoms with Gasteiger partial charge in [0.15, 0.2) is 0 Å². The van der Waals surface area contributed by atoms with E-state index in [1.807, 2.05) is 0 Å². The van der Waals surface area contributed by atoms with E-state index in [1.54, 1.807) is 13.1 Å². The number of rotatable bonds is 4. The molecule has 1 saturated carbocycles. The van der Waals surface area contributed by atoms with Crippen LogP contribution in [0.3, 0.4) is 0 Å². The number of aliphatic hydroxyl groups is 1. The van der Waals surface area contributed by atoms with Gasteiger partial charge in [0, 0.05) is 25.1 Å². The second kappa shape index (κ2) is 6.21. The second-order valence-corrected chi connectivity index (χ2v) is 5.17. The number of hydrogen-bond donors (Lipinski definition) is 3. The molecule has 0 spiro atoms. The van der Waals surface area contributed by atoms with Crippen molar-refractivity contribution >= 4 is 23.3 Å². The predicted octanol–water partition coefficient (Wildman–Crippen LogP) is 1.67. The summed E-state index contributed by atoms with van der Waals surface area (Å²) in [6.07, 6.45) is 2.51. The molecule has 2 unspecified atom stereocenters. The lowest BCUT2D eigenvalue weighted by atomic mass is 10.1. The fraction of sp³-hybridized carbons (Fsp3) is 0.538. The zero-order chi connectivity index (χ0) is 13.8. The van der Waals surface area contributed by atoms with Crippen LogP contribution in [-0.4, -0.2) is 35.7 Å². The van der Waals surface area contributed by atoms with Gasteiger partial charge < -0.3 is 15.7 Å². The first-order chi connectivity index (χ1) is 9.10. The highest BCUT2D eigenvalue weighted by Gasteiger charge is 2.25. The lowest BCUT2D eigenvalue weighted by Gasteiger charge is -2.15. The number of carbonyl (C=O) groups is 1. The van der Waals surface area contributed by atoms with Crippen LogP contribution in [0.5, 0.6) is 0 Å². The molecule has 19 heavy (non-hydrogen) atoms. The van der Waals surface area contributed by atoms with Crippen molar-refractivity contribution in [3.8, 4) is 0 Å². The number of halogens is 1. The number of hydrogen-bond acceptors (Lipinski definition) is 4. The normalized spacial score (nSPS) is 22.3. The molecule has 6 heteroatoms. The van der Waals surface area contributed by atoms with E-state index in [4.69, 9.17) is 11.6 Å². The summed E-state index contributed by atoms with van der Waals surface area (Å²) in [5.41, 5.74) is 0.469. The number of aromatic nitrogens is 1. The lowest BCUT2D eigenvalue weighted by Crippen LogP contribution is -2.32. The van der Waals surface area contributed by atoms with Crippen molar-refractivity contribution in [2.45, 2.75) is 25.4 Å². The fourth-order valence-electron chi connectivity index (χ4n) is 2.34. The van der Waals surface area contributed by atoms with Crippen LogP contribution in [-0.2, 0) is 0 Å². The highest BCUT2D eigenvalue weighted by molar-refractivity contribution is 6.29. The minimum atomic E-state index is -0.297. The van der Waals surface area contributed by atoms with Gasteiger partial charge in [0.25, 0.3) is 5.91 Å². The van der Waals surface area contributed by atoms with Crippen LogP contribution in [0, 0.1) is 5.92 Å². The van der Waals surface area contributed by atoms with Gasteiger partial charge in [0.1, 0.15) is 11.0 Å². The molecule has 1 heterocycles. The summed E-state index contributed by atoms with van der Waals surface area (Å²) < 4.78 is 0. The molecule has 0 saturated heterocycles. The minimum Gasteiger partial charge on any atom is -0.393 e. The number of carbonyl (C=O) groups excluding carboxylic acids is 1. The van der Waals surface area contributed by atoms with Gasteiger partial charge in [-0.05, 0) is 25.0 Å². The molecule has 2 atom stereocenters. The van der Waals surface area contributed by atoms with E-state index >= 15 is 0 Å². The van der Waals surface area contributed by atoms with E-state index in [0.717, 1.165) is 19.3 Å². The zero-order valence-corrected chi connectivity index (χ0v) is 11.6. The van der Waals surface area contributed by atoms with Gasteiger partial charge in [-0.2, -0.15) is 0 Å². The molecule has 2 rings (SSSR count). The van der Waals surface area contributed by atoms with Gasteiger partial charge in [-0.25, -0.2) is 4.98 Å². The smallest absolute Gasteiger partial charge is 0.251 e. The summed E-state index contributed by atoms with van der Waals surface area (Å²) in [7, 11) is 1.72. The SMILES string of the molecule is CNc1cc(C(=O)NCC2CCCC2O)cc(Cl)n1. The highest BCUT2D eigenvalue weighted by Crippen LogP contribution is 2.24. The van der Waals surface area contributed by atoms with Crippen molar-refractivity contribution < 1.29 is 9.90 Å². The monoisotopic (exact) mass is 283 g/mol. The van der Waals surface area contributed by atoms with Crippen LogP contribution in [0.2, 0.25) is 5.15 Å². The molecule has 0 aliphatic heterocycles. The molecular weight excluding hydrogens is 266 g/mol. The Bertz CT molecular complexity index is 467. The Hall–Kier alpha value is -1.33. The standard InChI is InChI=1S/C13H18ClN3O2/c1-15-12-6-9(5-11(14)17-12)13(19)16-7-8-3-2-4-10(8)18/h5-6,8,10,18H,2-4,7H2,1H3,(H,15,17)(H,16,19). The van der Waals surface area contributed by atoms with Crippen LogP contribution in [0.1, 0.15) is 29.6 Å². The third-order valence-corrected chi connectivity index (χ3v) is 3.65. The van der Waals surface area contributed by atoms with Gasteiger partial charge in [-0.1, -0.05) is 18.0 Å². The van der Waals surface area contributed by atoms with Crippen LogP contribution in [0.15, 0.2) is 12.1 Å².